The van der Waals surface area contributed by atoms with Crippen molar-refractivity contribution in [1.29, 1.82) is 0 Å². The van der Waals surface area contributed by atoms with Crippen molar-refractivity contribution in [2.45, 2.75) is 13.0 Å². The van der Waals surface area contributed by atoms with E-state index in [1.807, 2.05) is 120 Å². The molecule has 9 heteroatoms. The molecule has 1 saturated heterocycles. The van der Waals surface area contributed by atoms with E-state index in [2.05, 4.69) is 0 Å². The summed E-state index contributed by atoms with van der Waals surface area (Å²) in [5.41, 5.74) is 5.52. The third kappa shape index (κ3) is 6.95. The van der Waals surface area contributed by atoms with Gasteiger partial charge >= 0.3 is 0 Å². The van der Waals surface area contributed by atoms with Gasteiger partial charge in [0.05, 0.1) is 30.5 Å². The highest BCUT2D eigenvalue weighted by Gasteiger charge is 2.32. The van der Waals surface area contributed by atoms with E-state index in [0.717, 1.165) is 39.4 Å². The van der Waals surface area contributed by atoms with E-state index in [0.29, 0.717) is 40.3 Å². The first-order valence-corrected chi connectivity index (χ1v) is 15.6. The molecule has 4 aromatic carbocycles. The standard InChI is InChI=1S/C36H31N3O4S2/c1-41-31-18-13-25(21-32(31)42-2)19-20-38-35(40)33(45-36(38)44)22-28-23-39(29-11-7-4-8-12-29)37-34(28)27-14-16-30(17-15-27)43-24-26-9-5-3-6-10-26/h3-18,21-23H,19-20,24H2,1-2H3/b33-22+. The van der Waals surface area contributed by atoms with Gasteiger partial charge in [0.2, 0.25) is 0 Å². The molecule has 1 aliphatic rings. The lowest BCUT2D eigenvalue weighted by Gasteiger charge is -2.15. The minimum atomic E-state index is -0.117. The predicted octanol–water partition coefficient (Wildman–Crippen LogP) is 7.58. The number of rotatable bonds is 11. The molecule has 0 bridgehead atoms. The molecule has 0 atom stereocenters. The molecule has 1 fully saturated rings. The average Bonchev–Trinajstić information content (AvgIpc) is 3.63. The van der Waals surface area contributed by atoms with Gasteiger partial charge in [0.1, 0.15) is 16.7 Å². The molecule has 6 rings (SSSR count). The number of aromatic nitrogens is 2. The molecule has 0 saturated carbocycles. The predicted molar refractivity (Wildman–Crippen MR) is 183 cm³/mol. The maximum atomic E-state index is 13.6. The summed E-state index contributed by atoms with van der Waals surface area (Å²) in [6.45, 7) is 0.944. The summed E-state index contributed by atoms with van der Waals surface area (Å²) in [5, 5.41) is 4.93. The molecule has 0 unspecified atom stereocenters. The number of thioether (sulfide) groups is 1. The Labute approximate surface area is 272 Å². The SMILES string of the molecule is COc1ccc(CCN2C(=O)/C(=C\c3cn(-c4ccccc4)nc3-c3ccc(OCc4ccccc4)cc3)SC2=S)cc1OC. The molecule has 0 radical (unpaired) electrons. The quantitative estimate of drug-likeness (QED) is 0.110. The second-order valence-electron chi connectivity index (χ2n) is 10.3. The van der Waals surface area contributed by atoms with Crippen LogP contribution in [0.2, 0.25) is 0 Å². The van der Waals surface area contributed by atoms with E-state index in [1.165, 1.54) is 11.8 Å². The van der Waals surface area contributed by atoms with Gasteiger partial charge in [-0.3, -0.25) is 9.69 Å². The lowest BCUT2D eigenvalue weighted by atomic mass is 10.1. The largest absolute Gasteiger partial charge is 0.493 e. The van der Waals surface area contributed by atoms with Crippen LogP contribution in [-0.2, 0) is 17.8 Å². The van der Waals surface area contributed by atoms with Crippen LogP contribution in [-0.4, -0.2) is 45.7 Å². The first kappa shape index (κ1) is 30.2. The average molecular weight is 634 g/mol. The third-order valence-corrected chi connectivity index (χ3v) is 8.75. The Bertz CT molecular complexity index is 1840. The molecule has 226 valence electrons. The van der Waals surface area contributed by atoms with Crippen molar-refractivity contribution in [1.82, 2.24) is 14.7 Å². The van der Waals surface area contributed by atoms with Crippen molar-refractivity contribution in [3.63, 3.8) is 0 Å². The topological polar surface area (TPSA) is 65.8 Å². The van der Waals surface area contributed by atoms with Gasteiger partial charge in [0.25, 0.3) is 5.91 Å². The Hall–Kier alpha value is -4.86. The van der Waals surface area contributed by atoms with Gasteiger partial charge in [-0.05, 0) is 72.2 Å². The van der Waals surface area contributed by atoms with Crippen molar-refractivity contribution in [2.24, 2.45) is 0 Å². The van der Waals surface area contributed by atoms with E-state index in [-0.39, 0.29) is 5.91 Å². The zero-order valence-corrected chi connectivity index (χ0v) is 26.5. The van der Waals surface area contributed by atoms with Crippen LogP contribution >= 0.6 is 24.0 Å². The van der Waals surface area contributed by atoms with Gasteiger partial charge in [0.15, 0.2) is 11.5 Å². The van der Waals surface area contributed by atoms with Crippen LogP contribution in [0.4, 0.5) is 0 Å². The molecular weight excluding hydrogens is 603 g/mol. The Balaban J connectivity index is 1.24. The fraction of sp³-hybridized carbons (Fsp3) is 0.139. The number of methoxy groups -OCH3 is 2. The highest BCUT2D eigenvalue weighted by Crippen LogP contribution is 2.36. The minimum absolute atomic E-state index is 0.117. The van der Waals surface area contributed by atoms with Crippen LogP contribution in [0.25, 0.3) is 23.0 Å². The summed E-state index contributed by atoms with van der Waals surface area (Å²) in [6, 6.07) is 33.6. The molecule has 2 heterocycles. The van der Waals surface area contributed by atoms with E-state index >= 15 is 0 Å². The molecule has 0 aliphatic carbocycles. The summed E-state index contributed by atoms with van der Waals surface area (Å²) >= 11 is 6.95. The first-order valence-electron chi connectivity index (χ1n) is 14.4. The zero-order valence-electron chi connectivity index (χ0n) is 24.9. The fourth-order valence-electron chi connectivity index (χ4n) is 4.99. The fourth-order valence-corrected chi connectivity index (χ4v) is 6.29. The third-order valence-electron chi connectivity index (χ3n) is 7.37. The van der Waals surface area contributed by atoms with Crippen LogP contribution in [0.1, 0.15) is 16.7 Å². The summed E-state index contributed by atoms with van der Waals surface area (Å²) in [6.07, 6.45) is 4.45. The summed E-state index contributed by atoms with van der Waals surface area (Å²) < 4.78 is 19.1. The van der Waals surface area contributed by atoms with Crippen molar-refractivity contribution in [3.05, 3.63) is 131 Å². The van der Waals surface area contributed by atoms with Gasteiger partial charge in [0, 0.05) is 23.9 Å². The number of nitrogens with zero attached hydrogens (tertiary/aromatic N) is 3. The molecular formula is C36H31N3O4S2. The van der Waals surface area contributed by atoms with Crippen molar-refractivity contribution in [2.75, 3.05) is 20.8 Å². The zero-order chi connectivity index (χ0) is 31.2. The van der Waals surface area contributed by atoms with Gasteiger partial charge in [-0.25, -0.2) is 4.68 Å². The van der Waals surface area contributed by atoms with E-state index in [9.17, 15) is 4.79 Å². The van der Waals surface area contributed by atoms with E-state index in [1.54, 1.807) is 19.1 Å². The minimum Gasteiger partial charge on any atom is -0.493 e. The number of carbonyl (C=O) groups excluding carboxylic acids is 1. The van der Waals surface area contributed by atoms with Gasteiger partial charge < -0.3 is 14.2 Å². The Morgan fingerprint density at radius 2 is 1.56 bits per heavy atom. The highest BCUT2D eigenvalue weighted by molar-refractivity contribution is 8.26. The highest BCUT2D eigenvalue weighted by atomic mass is 32.2. The van der Waals surface area contributed by atoms with Gasteiger partial charge in [-0.15, -0.1) is 0 Å². The number of para-hydroxylation sites is 1. The van der Waals surface area contributed by atoms with Crippen molar-refractivity contribution < 1.29 is 19.0 Å². The number of carbonyl (C=O) groups is 1. The number of amides is 1. The second-order valence-corrected chi connectivity index (χ2v) is 12.0. The summed E-state index contributed by atoms with van der Waals surface area (Å²) in [5.74, 6) is 1.96. The van der Waals surface area contributed by atoms with Crippen molar-refractivity contribution >= 4 is 40.3 Å². The lowest BCUT2D eigenvalue weighted by Crippen LogP contribution is -2.30. The van der Waals surface area contributed by atoms with E-state index < -0.39 is 0 Å². The maximum Gasteiger partial charge on any atom is 0.266 e. The molecule has 7 nitrogen and oxygen atoms in total. The van der Waals surface area contributed by atoms with Crippen LogP contribution in [0.3, 0.4) is 0 Å². The van der Waals surface area contributed by atoms with E-state index in [4.69, 9.17) is 31.5 Å². The maximum absolute atomic E-state index is 13.6. The van der Waals surface area contributed by atoms with Gasteiger partial charge in [-0.2, -0.15) is 5.10 Å². The number of hydrogen-bond acceptors (Lipinski definition) is 7. The Morgan fingerprint density at radius 3 is 2.27 bits per heavy atom. The summed E-state index contributed by atoms with van der Waals surface area (Å²) in [7, 11) is 3.21. The number of hydrogen-bond donors (Lipinski definition) is 0. The van der Waals surface area contributed by atoms with Crippen LogP contribution < -0.4 is 14.2 Å². The molecule has 0 spiro atoms. The normalized spacial score (nSPS) is 13.8. The number of ether oxygens (including phenoxy) is 3. The molecule has 5 aromatic rings. The smallest absolute Gasteiger partial charge is 0.266 e. The summed E-state index contributed by atoms with van der Waals surface area (Å²) in [4.78, 5) is 15.8. The molecule has 1 aromatic heterocycles. The molecule has 1 aliphatic heterocycles. The monoisotopic (exact) mass is 633 g/mol. The van der Waals surface area contributed by atoms with Gasteiger partial charge in [-0.1, -0.05) is 78.6 Å². The lowest BCUT2D eigenvalue weighted by molar-refractivity contribution is -0.122. The van der Waals surface area contributed by atoms with Crippen molar-refractivity contribution in [3.8, 4) is 34.2 Å². The number of benzene rings is 4. The first-order chi connectivity index (χ1) is 22.0. The molecule has 0 N–H and O–H groups in total. The van der Waals surface area contributed by atoms with Crippen LogP contribution in [0.5, 0.6) is 17.2 Å². The molecule has 1 amide bonds. The number of thiocarbonyl (C=S) groups is 1. The van der Waals surface area contributed by atoms with Crippen LogP contribution in [0, 0.1) is 0 Å². The Morgan fingerprint density at radius 1 is 0.844 bits per heavy atom. The van der Waals surface area contributed by atoms with Crippen LogP contribution in [0.15, 0.2) is 114 Å². The Kier molecular flexibility index (Phi) is 9.28. The second kappa shape index (κ2) is 13.8. The molecule has 45 heavy (non-hydrogen) atoms.